The number of hydrogen-bond acceptors (Lipinski definition) is 5. The molecule has 1 unspecified atom stereocenters. The van der Waals surface area contributed by atoms with Crippen LogP contribution >= 0.6 is 11.6 Å². The zero-order valence-corrected chi connectivity index (χ0v) is 19.4. The molecular formula is C24H26ClN3O5. The van der Waals surface area contributed by atoms with E-state index in [-0.39, 0.29) is 30.7 Å². The molecule has 0 bridgehead atoms. The molecule has 0 aliphatic carbocycles. The highest BCUT2D eigenvalue weighted by molar-refractivity contribution is 6.32. The van der Waals surface area contributed by atoms with Gasteiger partial charge in [-0.15, -0.1) is 0 Å². The molecule has 2 aromatic carbocycles. The van der Waals surface area contributed by atoms with E-state index in [1.54, 1.807) is 39.0 Å². The highest BCUT2D eigenvalue weighted by Crippen LogP contribution is 2.40. The second-order valence-electron chi connectivity index (χ2n) is 8.05. The van der Waals surface area contributed by atoms with Gasteiger partial charge in [-0.1, -0.05) is 29.8 Å². The van der Waals surface area contributed by atoms with Gasteiger partial charge in [-0.05, 0) is 18.2 Å². The number of ether oxygens (including phenoxy) is 2. The monoisotopic (exact) mass is 471 g/mol. The Morgan fingerprint density at radius 1 is 0.939 bits per heavy atom. The van der Waals surface area contributed by atoms with Crippen molar-refractivity contribution in [1.82, 2.24) is 9.80 Å². The van der Waals surface area contributed by atoms with Crippen LogP contribution in [-0.2, 0) is 9.59 Å². The van der Waals surface area contributed by atoms with E-state index in [0.29, 0.717) is 54.0 Å². The Kier molecular flexibility index (Phi) is 6.74. The first-order valence-corrected chi connectivity index (χ1v) is 11.2. The van der Waals surface area contributed by atoms with Gasteiger partial charge in [0.1, 0.15) is 11.5 Å². The molecule has 9 heteroatoms. The summed E-state index contributed by atoms with van der Waals surface area (Å²) in [6, 6.07) is 12.4. The van der Waals surface area contributed by atoms with Crippen LogP contribution in [0, 0.1) is 5.92 Å². The van der Waals surface area contributed by atoms with E-state index >= 15 is 0 Å². The molecule has 0 radical (unpaired) electrons. The number of hydrogen-bond donors (Lipinski definition) is 0. The summed E-state index contributed by atoms with van der Waals surface area (Å²) in [5, 5.41) is 0.357. The van der Waals surface area contributed by atoms with Gasteiger partial charge in [0, 0.05) is 50.8 Å². The lowest BCUT2D eigenvalue weighted by Gasteiger charge is -2.36. The molecule has 33 heavy (non-hydrogen) atoms. The Morgan fingerprint density at radius 2 is 1.58 bits per heavy atom. The lowest BCUT2D eigenvalue weighted by molar-refractivity contribution is -0.137. The summed E-state index contributed by atoms with van der Waals surface area (Å²) in [5.74, 6) is 0.167. The maximum atomic E-state index is 13.2. The third-order valence-electron chi connectivity index (χ3n) is 6.12. The molecular weight excluding hydrogens is 446 g/mol. The molecule has 0 spiro atoms. The summed E-state index contributed by atoms with van der Waals surface area (Å²) < 4.78 is 10.6. The zero-order chi connectivity index (χ0) is 23.5. The highest BCUT2D eigenvalue weighted by Gasteiger charge is 2.39. The van der Waals surface area contributed by atoms with Gasteiger partial charge in [0.2, 0.25) is 11.8 Å². The minimum atomic E-state index is -0.459. The maximum Gasteiger partial charge on any atom is 0.253 e. The van der Waals surface area contributed by atoms with Crippen molar-refractivity contribution in [1.29, 1.82) is 0 Å². The highest BCUT2D eigenvalue weighted by atomic mass is 35.5. The second-order valence-corrected chi connectivity index (χ2v) is 8.45. The Balaban J connectivity index is 1.40. The van der Waals surface area contributed by atoms with Crippen molar-refractivity contribution < 1.29 is 23.9 Å². The molecule has 174 valence electrons. The third-order valence-corrected chi connectivity index (χ3v) is 6.41. The molecule has 1 atom stereocenters. The number of anilines is 1. The fourth-order valence-corrected chi connectivity index (χ4v) is 4.55. The van der Waals surface area contributed by atoms with Gasteiger partial charge in [-0.3, -0.25) is 14.4 Å². The first-order valence-electron chi connectivity index (χ1n) is 10.8. The van der Waals surface area contributed by atoms with Gasteiger partial charge in [0.15, 0.2) is 0 Å². The SMILES string of the molecule is COc1cc(OC)c(N2CC(C(=O)N3CCN(C(=O)c4ccccc4)CC3)CC2=O)cc1Cl. The molecule has 0 aromatic heterocycles. The average Bonchev–Trinajstić information content (AvgIpc) is 3.24. The van der Waals surface area contributed by atoms with Crippen LogP contribution in [0.25, 0.3) is 0 Å². The first-order chi connectivity index (χ1) is 15.9. The summed E-state index contributed by atoms with van der Waals surface area (Å²) in [6.45, 7) is 2.07. The van der Waals surface area contributed by atoms with Crippen molar-refractivity contribution >= 4 is 35.0 Å². The summed E-state index contributed by atoms with van der Waals surface area (Å²) in [4.78, 5) is 43.6. The minimum Gasteiger partial charge on any atom is -0.495 e. The molecule has 2 aliphatic rings. The number of carbonyl (C=O) groups is 3. The molecule has 2 aromatic rings. The van der Waals surface area contributed by atoms with Crippen LogP contribution in [0.4, 0.5) is 5.69 Å². The van der Waals surface area contributed by atoms with Crippen molar-refractivity contribution in [2.24, 2.45) is 5.92 Å². The van der Waals surface area contributed by atoms with E-state index in [2.05, 4.69) is 0 Å². The number of piperazine rings is 1. The standard InChI is InChI=1S/C24H26ClN3O5/c1-32-20-14-21(33-2)19(13-18(20)25)28-15-17(12-22(28)29)24(31)27-10-8-26(9-11-27)23(30)16-6-4-3-5-7-16/h3-7,13-14,17H,8-12,15H2,1-2H3. The Labute approximate surface area is 197 Å². The number of benzene rings is 2. The van der Waals surface area contributed by atoms with Gasteiger partial charge < -0.3 is 24.2 Å². The second kappa shape index (κ2) is 9.70. The van der Waals surface area contributed by atoms with Crippen LogP contribution in [-0.4, -0.2) is 74.5 Å². The number of amides is 3. The number of methoxy groups -OCH3 is 2. The van der Waals surface area contributed by atoms with E-state index in [9.17, 15) is 14.4 Å². The normalized spacial score (nSPS) is 18.5. The third kappa shape index (κ3) is 4.61. The largest absolute Gasteiger partial charge is 0.495 e. The molecule has 2 saturated heterocycles. The fourth-order valence-electron chi connectivity index (χ4n) is 4.31. The number of nitrogens with zero attached hydrogens (tertiary/aromatic N) is 3. The Morgan fingerprint density at radius 3 is 2.21 bits per heavy atom. The summed E-state index contributed by atoms with van der Waals surface area (Å²) in [7, 11) is 3.01. The molecule has 3 amide bonds. The predicted molar refractivity (Wildman–Crippen MR) is 124 cm³/mol. The smallest absolute Gasteiger partial charge is 0.253 e. The van der Waals surface area contributed by atoms with Crippen molar-refractivity contribution in [3.05, 3.63) is 53.1 Å². The van der Waals surface area contributed by atoms with Crippen molar-refractivity contribution in [2.45, 2.75) is 6.42 Å². The first kappa shape index (κ1) is 22.9. The lowest BCUT2D eigenvalue weighted by Crippen LogP contribution is -2.52. The van der Waals surface area contributed by atoms with Crippen LogP contribution in [0.3, 0.4) is 0 Å². The number of carbonyl (C=O) groups excluding carboxylic acids is 3. The van der Waals surface area contributed by atoms with Gasteiger partial charge in [0.05, 0.1) is 30.8 Å². The van der Waals surface area contributed by atoms with Crippen LogP contribution < -0.4 is 14.4 Å². The van der Waals surface area contributed by atoms with Crippen molar-refractivity contribution in [3.63, 3.8) is 0 Å². The van der Waals surface area contributed by atoms with Crippen LogP contribution in [0.15, 0.2) is 42.5 Å². The van der Waals surface area contributed by atoms with Gasteiger partial charge in [0.25, 0.3) is 5.91 Å². The quantitative estimate of drug-likeness (QED) is 0.670. The predicted octanol–water partition coefficient (Wildman–Crippen LogP) is 2.69. The van der Waals surface area contributed by atoms with Gasteiger partial charge >= 0.3 is 0 Å². The molecule has 8 nitrogen and oxygen atoms in total. The van der Waals surface area contributed by atoms with E-state index < -0.39 is 5.92 Å². The molecule has 4 rings (SSSR count). The molecule has 0 saturated carbocycles. The van der Waals surface area contributed by atoms with Crippen molar-refractivity contribution in [3.8, 4) is 11.5 Å². The summed E-state index contributed by atoms with van der Waals surface area (Å²) >= 11 is 6.26. The van der Waals surface area contributed by atoms with Crippen molar-refractivity contribution in [2.75, 3.05) is 51.8 Å². The molecule has 2 fully saturated rings. The topological polar surface area (TPSA) is 79.4 Å². The van der Waals surface area contributed by atoms with E-state index in [0.717, 1.165) is 0 Å². The summed E-state index contributed by atoms with van der Waals surface area (Å²) in [5.41, 5.74) is 1.16. The number of rotatable bonds is 5. The maximum absolute atomic E-state index is 13.2. The lowest BCUT2D eigenvalue weighted by atomic mass is 10.1. The summed E-state index contributed by atoms with van der Waals surface area (Å²) in [6.07, 6.45) is 0.120. The van der Waals surface area contributed by atoms with E-state index in [1.807, 2.05) is 18.2 Å². The van der Waals surface area contributed by atoms with E-state index in [1.165, 1.54) is 14.2 Å². The average molecular weight is 472 g/mol. The van der Waals surface area contributed by atoms with Gasteiger partial charge in [-0.25, -0.2) is 0 Å². The van der Waals surface area contributed by atoms with Crippen LogP contribution in [0.2, 0.25) is 5.02 Å². The van der Waals surface area contributed by atoms with Crippen LogP contribution in [0.5, 0.6) is 11.5 Å². The zero-order valence-electron chi connectivity index (χ0n) is 18.6. The molecule has 2 aliphatic heterocycles. The fraction of sp³-hybridized carbons (Fsp3) is 0.375. The van der Waals surface area contributed by atoms with E-state index in [4.69, 9.17) is 21.1 Å². The number of halogens is 1. The van der Waals surface area contributed by atoms with Crippen LogP contribution in [0.1, 0.15) is 16.8 Å². The van der Waals surface area contributed by atoms with Gasteiger partial charge in [-0.2, -0.15) is 0 Å². The Hall–Kier alpha value is -3.26. The molecule has 2 heterocycles. The Bertz CT molecular complexity index is 1050. The molecule has 0 N–H and O–H groups in total. The minimum absolute atomic E-state index is 0.0339.